The van der Waals surface area contributed by atoms with E-state index >= 15 is 0 Å². The van der Waals surface area contributed by atoms with E-state index in [1.807, 2.05) is 0 Å². The fourth-order valence-corrected chi connectivity index (χ4v) is 1.06. The second kappa shape index (κ2) is 2.19. The van der Waals surface area contributed by atoms with Crippen LogP contribution in [-0.4, -0.2) is 12.6 Å². The third kappa shape index (κ3) is 1.43. The molecule has 1 aliphatic rings. The maximum absolute atomic E-state index is 3.80. The van der Waals surface area contributed by atoms with Crippen LogP contribution in [0.3, 0.4) is 0 Å². The van der Waals surface area contributed by atoms with Crippen molar-refractivity contribution in [3.05, 3.63) is 12.4 Å². The molecule has 1 atom stereocenters. The van der Waals surface area contributed by atoms with Gasteiger partial charge in [-0.25, -0.2) is 0 Å². The Labute approximate surface area is 62.7 Å². The van der Waals surface area contributed by atoms with Crippen LogP contribution in [0.25, 0.3) is 0 Å². The van der Waals surface area contributed by atoms with Gasteiger partial charge in [-0.3, -0.25) is 0 Å². The molecule has 1 unspecified atom stereocenters. The van der Waals surface area contributed by atoms with Gasteiger partial charge in [0.1, 0.15) is 0 Å². The molecule has 1 rings (SSSR count). The first-order valence-electron chi connectivity index (χ1n) is 3.69. The summed E-state index contributed by atoms with van der Waals surface area (Å²) in [5, 5.41) is 6.46. The van der Waals surface area contributed by atoms with Crippen LogP contribution in [0.2, 0.25) is 0 Å². The van der Waals surface area contributed by atoms with Crippen molar-refractivity contribution in [1.29, 1.82) is 0 Å². The van der Waals surface area contributed by atoms with E-state index < -0.39 is 0 Å². The zero-order valence-electron chi connectivity index (χ0n) is 6.99. The first kappa shape index (κ1) is 7.45. The second-order valence-electron chi connectivity index (χ2n) is 3.92. The molecule has 10 heavy (non-hydrogen) atoms. The van der Waals surface area contributed by atoms with Crippen molar-refractivity contribution < 1.29 is 0 Å². The Bertz CT molecular complexity index is 144. The fourth-order valence-electron chi connectivity index (χ4n) is 1.06. The molecule has 0 saturated carbocycles. The molecule has 1 aliphatic heterocycles. The first-order valence-corrected chi connectivity index (χ1v) is 3.69. The van der Waals surface area contributed by atoms with Crippen LogP contribution >= 0.6 is 0 Å². The Morgan fingerprint density at radius 1 is 1.50 bits per heavy atom. The van der Waals surface area contributed by atoms with Gasteiger partial charge < -0.3 is 10.6 Å². The summed E-state index contributed by atoms with van der Waals surface area (Å²) < 4.78 is 0. The predicted octanol–water partition coefficient (Wildman–Crippen LogP) is 1.07. The molecule has 1 saturated heterocycles. The highest BCUT2D eigenvalue weighted by Crippen LogP contribution is 2.21. The summed E-state index contributed by atoms with van der Waals surface area (Å²) in [5.74, 6) is 0.958. The number of nitrogens with one attached hydrogen (secondary N) is 2. The van der Waals surface area contributed by atoms with Gasteiger partial charge in [0.25, 0.3) is 0 Å². The Morgan fingerprint density at radius 3 is 2.30 bits per heavy atom. The van der Waals surface area contributed by atoms with Gasteiger partial charge in [0, 0.05) is 12.6 Å². The van der Waals surface area contributed by atoms with E-state index in [-0.39, 0.29) is 0 Å². The number of hydrogen-bond acceptors (Lipinski definition) is 2. The summed E-state index contributed by atoms with van der Waals surface area (Å²) in [4.78, 5) is 0. The van der Waals surface area contributed by atoms with Gasteiger partial charge in [0.05, 0.1) is 5.82 Å². The Balaban J connectivity index is 2.53. The molecule has 1 heterocycles. The monoisotopic (exact) mass is 140 g/mol. The Morgan fingerprint density at radius 2 is 2.10 bits per heavy atom. The zero-order chi connectivity index (χ0) is 7.78. The molecule has 0 aromatic carbocycles. The van der Waals surface area contributed by atoms with Crippen molar-refractivity contribution in [3.63, 3.8) is 0 Å². The lowest BCUT2D eigenvalue weighted by atomic mass is 9.87. The van der Waals surface area contributed by atoms with Crippen LogP contribution in [0.5, 0.6) is 0 Å². The molecule has 0 spiro atoms. The minimum Gasteiger partial charge on any atom is -0.370 e. The molecule has 0 amide bonds. The van der Waals surface area contributed by atoms with Crippen LogP contribution in [0.1, 0.15) is 20.8 Å². The number of rotatable bonds is 0. The fraction of sp³-hybridized carbons (Fsp3) is 0.750. The van der Waals surface area contributed by atoms with Crippen LogP contribution in [-0.2, 0) is 0 Å². The van der Waals surface area contributed by atoms with Crippen molar-refractivity contribution in [2.24, 2.45) is 5.41 Å². The van der Waals surface area contributed by atoms with Gasteiger partial charge in [-0.1, -0.05) is 27.4 Å². The molecule has 0 radical (unpaired) electrons. The standard InChI is InChI=1S/C8H16N2/c1-6-9-5-7(10-6)8(2,3)4/h7,9-10H,1,5H2,2-4H3. The van der Waals surface area contributed by atoms with Crippen molar-refractivity contribution >= 4 is 0 Å². The first-order chi connectivity index (χ1) is 4.50. The SMILES string of the molecule is C=C1NCC(C(C)(C)C)N1. The Kier molecular flexibility index (Phi) is 1.63. The number of hydrogen-bond donors (Lipinski definition) is 2. The molecule has 0 aliphatic carbocycles. The maximum Gasteiger partial charge on any atom is 0.0916 e. The minimum absolute atomic E-state index is 0.326. The van der Waals surface area contributed by atoms with E-state index in [2.05, 4.69) is 38.0 Å². The van der Waals surface area contributed by atoms with E-state index in [1.54, 1.807) is 0 Å². The summed E-state index contributed by atoms with van der Waals surface area (Å²) in [6.45, 7) is 11.5. The highest BCUT2D eigenvalue weighted by Gasteiger charge is 2.28. The van der Waals surface area contributed by atoms with E-state index in [9.17, 15) is 0 Å². The molecule has 58 valence electrons. The molecule has 1 fully saturated rings. The zero-order valence-corrected chi connectivity index (χ0v) is 6.99. The summed E-state index contributed by atoms with van der Waals surface area (Å²) in [7, 11) is 0. The van der Waals surface area contributed by atoms with Crippen molar-refractivity contribution in [2.75, 3.05) is 6.54 Å². The van der Waals surface area contributed by atoms with E-state index in [1.165, 1.54) is 0 Å². The van der Waals surface area contributed by atoms with E-state index in [4.69, 9.17) is 0 Å². The molecule has 2 nitrogen and oxygen atoms in total. The normalized spacial score (nSPS) is 25.9. The minimum atomic E-state index is 0.326. The van der Waals surface area contributed by atoms with Crippen LogP contribution in [0.15, 0.2) is 12.4 Å². The lowest BCUT2D eigenvalue weighted by molar-refractivity contribution is 0.311. The summed E-state index contributed by atoms with van der Waals surface area (Å²) in [6.07, 6.45) is 0. The topological polar surface area (TPSA) is 24.1 Å². The maximum atomic E-state index is 3.80. The van der Waals surface area contributed by atoms with Gasteiger partial charge in [0.15, 0.2) is 0 Å². The average molecular weight is 140 g/mol. The molecular formula is C8H16N2. The highest BCUT2D eigenvalue weighted by atomic mass is 15.2. The smallest absolute Gasteiger partial charge is 0.0916 e. The van der Waals surface area contributed by atoms with Crippen LogP contribution in [0.4, 0.5) is 0 Å². The van der Waals surface area contributed by atoms with Gasteiger partial charge in [-0.15, -0.1) is 0 Å². The Hall–Kier alpha value is -0.660. The van der Waals surface area contributed by atoms with E-state index in [0.29, 0.717) is 11.5 Å². The lowest BCUT2D eigenvalue weighted by Crippen LogP contribution is -2.36. The third-order valence-electron chi connectivity index (χ3n) is 1.91. The van der Waals surface area contributed by atoms with Crippen LogP contribution in [0, 0.1) is 5.41 Å². The molecule has 0 bridgehead atoms. The second-order valence-corrected chi connectivity index (χ2v) is 3.92. The van der Waals surface area contributed by atoms with E-state index in [0.717, 1.165) is 12.4 Å². The summed E-state index contributed by atoms with van der Waals surface area (Å²) in [5.41, 5.74) is 0.326. The van der Waals surface area contributed by atoms with Gasteiger partial charge in [-0.2, -0.15) is 0 Å². The summed E-state index contributed by atoms with van der Waals surface area (Å²) >= 11 is 0. The highest BCUT2D eigenvalue weighted by molar-refractivity contribution is 5.03. The molecule has 0 aromatic heterocycles. The molecular weight excluding hydrogens is 124 g/mol. The quantitative estimate of drug-likeness (QED) is 0.526. The molecule has 2 heteroatoms. The lowest BCUT2D eigenvalue weighted by Gasteiger charge is -2.25. The van der Waals surface area contributed by atoms with Crippen LogP contribution < -0.4 is 10.6 Å². The largest absolute Gasteiger partial charge is 0.370 e. The summed E-state index contributed by atoms with van der Waals surface area (Å²) in [6, 6.07) is 0.528. The third-order valence-corrected chi connectivity index (χ3v) is 1.91. The molecule has 2 N–H and O–H groups in total. The van der Waals surface area contributed by atoms with Gasteiger partial charge in [-0.05, 0) is 5.41 Å². The van der Waals surface area contributed by atoms with Crippen molar-refractivity contribution in [1.82, 2.24) is 10.6 Å². The average Bonchev–Trinajstić information content (AvgIpc) is 2.11. The predicted molar refractivity (Wildman–Crippen MR) is 43.5 cm³/mol. The van der Waals surface area contributed by atoms with Gasteiger partial charge >= 0.3 is 0 Å². The van der Waals surface area contributed by atoms with Crippen molar-refractivity contribution in [2.45, 2.75) is 26.8 Å². The van der Waals surface area contributed by atoms with Gasteiger partial charge in [0.2, 0.25) is 0 Å². The molecule has 0 aromatic rings. The van der Waals surface area contributed by atoms with Crippen molar-refractivity contribution in [3.8, 4) is 0 Å².